The van der Waals surface area contributed by atoms with Crippen molar-refractivity contribution in [2.45, 2.75) is 18.4 Å². The van der Waals surface area contributed by atoms with Crippen LogP contribution in [-0.4, -0.2) is 45.4 Å². The quantitative estimate of drug-likeness (QED) is 0.640. The van der Waals surface area contributed by atoms with Gasteiger partial charge < -0.3 is 14.2 Å². The number of hydrogen-bond acceptors (Lipinski definition) is 4. The van der Waals surface area contributed by atoms with Crippen LogP contribution in [0.2, 0.25) is 0 Å². The number of carbonyl (C=O) groups excluding carboxylic acids is 1. The molecule has 1 saturated heterocycles. The van der Waals surface area contributed by atoms with Gasteiger partial charge in [-0.2, -0.15) is 0 Å². The molecule has 0 aliphatic carbocycles. The third-order valence-electron chi connectivity index (χ3n) is 2.47. The molecule has 1 aliphatic heterocycles. The van der Waals surface area contributed by atoms with Gasteiger partial charge in [0.15, 0.2) is 5.78 Å². The molecule has 0 radical (unpaired) electrons. The minimum Gasteiger partial charge on any atom is -0.381 e. The molecular weight excluding hydrogens is 172 g/mol. The second-order valence-corrected chi connectivity index (χ2v) is 3.17. The molecule has 0 amide bonds. The van der Waals surface area contributed by atoms with Gasteiger partial charge in [-0.3, -0.25) is 4.79 Å². The first-order valence-corrected chi connectivity index (χ1v) is 4.40. The Balaban J connectivity index is 2.61. The number of carbonyl (C=O) groups is 1. The SMILES string of the molecule is COCC(=O)C1(OC)CCOCC1. The minimum absolute atomic E-state index is 0.0146. The van der Waals surface area contributed by atoms with Gasteiger partial charge in [-0.25, -0.2) is 0 Å². The first-order chi connectivity index (χ1) is 6.25. The van der Waals surface area contributed by atoms with E-state index in [0.29, 0.717) is 26.1 Å². The Hall–Kier alpha value is -0.450. The Kier molecular flexibility index (Phi) is 3.84. The van der Waals surface area contributed by atoms with Crippen LogP contribution in [0.4, 0.5) is 0 Å². The van der Waals surface area contributed by atoms with Gasteiger partial charge in [-0.15, -0.1) is 0 Å². The highest BCUT2D eigenvalue weighted by atomic mass is 16.5. The van der Waals surface area contributed by atoms with Crippen molar-refractivity contribution in [1.29, 1.82) is 0 Å². The van der Waals surface area contributed by atoms with Gasteiger partial charge in [0.25, 0.3) is 0 Å². The molecule has 76 valence electrons. The van der Waals surface area contributed by atoms with E-state index in [0.717, 1.165) is 0 Å². The average Bonchev–Trinajstić information content (AvgIpc) is 2.19. The Bertz CT molecular complexity index is 172. The van der Waals surface area contributed by atoms with Crippen LogP contribution in [0.15, 0.2) is 0 Å². The number of methoxy groups -OCH3 is 2. The van der Waals surface area contributed by atoms with Crippen LogP contribution in [0.3, 0.4) is 0 Å². The maximum Gasteiger partial charge on any atom is 0.190 e. The van der Waals surface area contributed by atoms with E-state index >= 15 is 0 Å². The van der Waals surface area contributed by atoms with Crippen molar-refractivity contribution < 1.29 is 19.0 Å². The predicted molar refractivity (Wildman–Crippen MR) is 46.7 cm³/mol. The molecule has 0 aromatic rings. The molecule has 1 heterocycles. The van der Waals surface area contributed by atoms with Crippen molar-refractivity contribution >= 4 is 5.78 Å². The lowest BCUT2D eigenvalue weighted by molar-refractivity contribution is -0.156. The highest BCUT2D eigenvalue weighted by Crippen LogP contribution is 2.25. The van der Waals surface area contributed by atoms with Crippen molar-refractivity contribution in [1.82, 2.24) is 0 Å². The third-order valence-corrected chi connectivity index (χ3v) is 2.47. The first-order valence-electron chi connectivity index (χ1n) is 4.40. The Morgan fingerprint density at radius 2 is 2.00 bits per heavy atom. The molecule has 0 atom stereocenters. The molecule has 1 aliphatic rings. The van der Waals surface area contributed by atoms with Gasteiger partial charge in [-0.1, -0.05) is 0 Å². The fraction of sp³-hybridized carbons (Fsp3) is 0.889. The van der Waals surface area contributed by atoms with E-state index < -0.39 is 5.60 Å². The van der Waals surface area contributed by atoms with Crippen LogP contribution in [0.25, 0.3) is 0 Å². The van der Waals surface area contributed by atoms with Crippen molar-refractivity contribution in [2.24, 2.45) is 0 Å². The van der Waals surface area contributed by atoms with Gasteiger partial charge in [0, 0.05) is 40.3 Å². The van der Waals surface area contributed by atoms with E-state index in [9.17, 15) is 4.79 Å². The maximum absolute atomic E-state index is 11.6. The molecule has 4 nitrogen and oxygen atoms in total. The normalized spacial score (nSPS) is 21.4. The van der Waals surface area contributed by atoms with E-state index in [1.807, 2.05) is 0 Å². The smallest absolute Gasteiger partial charge is 0.190 e. The maximum atomic E-state index is 11.6. The van der Waals surface area contributed by atoms with Gasteiger partial charge >= 0.3 is 0 Å². The largest absolute Gasteiger partial charge is 0.381 e. The lowest BCUT2D eigenvalue weighted by atomic mass is 9.89. The Labute approximate surface area is 78.2 Å². The Morgan fingerprint density at radius 1 is 1.38 bits per heavy atom. The molecule has 4 heteroatoms. The van der Waals surface area contributed by atoms with Gasteiger partial charge in [0.05, 0.1) is 0 Å². The van der Waals surface area contributed by atoms with Gasteiger partial charge in [-0.05, 0) is 0 Å². The second-order valence-electron chi connectivity index (χ2n) is 3.17. The van der Waals surface area contributed by atoms with E-state index in [2.05, 4.69) is 0 Å². The van der Waals surface area contributed by atoms with E-state index in [-0.39, 0.29) is 12.4 Å². The van der Waals surface area contributed by atoms with Crippen LogP contribution in [0, 0.1) is 0 Å². The molecule has 1 rings (SSSR count). The summed E-state index contributed by atoms with van der Waals surface area (Å²) in [4.78, 5) is 11.6. The fourth-order valence-corrected chi connectivity index (χ4v) is 1.56. The average molecular weight is 188 g/mol. The number of Topliss-reactive ketones (excluding diaryl/α,β-unsaturated/α-hetero) is 1. The zero-order chi connectivity index (χ0) is 9.73. The summed E-state index contributed by atoms with van der Waals surface area (Å²) in [7, 11) is 3.08. The molecule has 0 spiro atoms. The summed E-state index contributed by atoms with van der Waals surface area (Å²) >= 11 is 0. The van der Waals surface area contributed by atoms with Crippen molar-refractivity contribution in [2.75, 3.05) is 34.0 Å². The monoisotopic (exact) mass is 188 g/mol. The summed E-state index contributed by atoms with van der Waals surface area (Å²) in [5.74, 6) is 0.0146. The molecule has 0 aromatic carbocycles. The van der Waals surface area contributed by atoms with Gasteiger partial charge in [0.2, 0.25) is 0 Å². The number of ether oxygens (including phenoxy) is 3. The zero-order valence-electron chi connectivity index (χ0n) is 8.17. The second kappa shape index (κ2) is 4.69. The fourth-order valence-electron chi connectivity index (χ4n) is 1.56. The Morgan fingerprint density at radius 3 is 2.46 bits per heavy atom. The highest BCUT2D eigenvalue weighted by Gasteiger charge is 2.39. The van der Waals surface area contributed by atoms with Crippen molar-refractivity contribution in [3.63, 3.8) is 0 Å². The predicted octanol–water partition coefficient (Wildman–Crippen LogP) is 0.397. The van der Waals surface area contributed by atoms with E-state index in [4.69, 9.17) is 14.2 Å². The van der Waals surface area contributed by atoms with E-state index in [1.165, 1.54) is 7.11 Å². The third kappa shape index (κ3) is 2.27. The van der Waals surface area contributed by atoms with Gasteiger partial charge in [0.1, 0.15) is 12.2 Å². The van der Waals surface area contributed by atoms with E-state index in [1.54, 1.807) is 7.11 Å². The zero-order valence-corrected chi connectivity index (χ0v) is 8.17. The molecule has 13 heavy (non-hydrogen) atoms. The van der Waals surface area contributed by atoms with Crippen LogP contribution >= 0.6 is 0 Å². The van der Waals surface area contributed by atoms with Crippen molar-refractivity contribution in [3.05, 3.63) is 0 Å². The molecular formula is C9H16O4. The number of hydrogen-bond donors (Lipinski definition) is 0. The minimum atomic E-state index is -0.658. The van der Waals surface area contributed by atoms with Crippen LogP contribution in [0.1, 0.15) is 12.8 Å². The number of ketones is 1. The topological polar surface area (TPSA) is 44.8 Å². The highest BCUT2D eigenvalue weighted by molar-refractivity contribution is 5.88. The summed E-state index contributed by atoms with van der Waals surface area (Å²) < 4.78 is 15.3. The lowest BCUT2D eigenvalue weighted by Crippen LogP contribution is -2.47. The van der Waals surface area contributed by atoms with Crippen molar-refractivity contribution in [3.8, 4) is 0 Å². The summed E-state index contributed by atoms with van der Waals surface area (Å²) in [6.07, 6.45) is 1.26. The lowest BCUT2D eigenvalue weighted by Gasteiger charge is -2.34. The molecule has 0 saturated carbocycles. The van der Waals surface area contributed by atoms with Crippen LogP contribution in [0.5, 0.6) is 0 Å². The van der Waals surface area contributed by atoms with Crippen LogP contribution in [-0.2, 0) is 19.0 Å². The molecule has 0 N–H and O–H groups in total. The summed E-state index contributed by atoms with van der Waals surface area (Å²) in [6, 6.07) is 0. The summed E-state index contributed by atoms with van der Waals surface area (Å²) in [6.45, 7) is 1.29. The molecule has 1 fully saturated rings. The number of rotatable bonds is 4. The van der Waals surface area contributed by atoms with Crippen LogP contribution < -0.4 is 0 Å². The first kappa shape index (κ1) is 10.6. The molecule has 0 aromatic heterocycles. The molecule has 0 unspecified atom stereocenters. The summed E-state index contributed by atoms with van der Waals surface area (Å²) in [5, 5.41) is 0. The summed E-state index contributed by atoms with van der Waals surface area (Å²) in [5.41, 5.74) is -0.658. The molecule has 0 bridgehead atoms. The standard InChI is InChI=1S/C9H16O4/c1-11-7-8(10)9(12-2)3-5-13-6-4-9/h3-7H2,1-2H3.